The van der Waals surface area contributed by atoms with Crippen molar-refractivity contribution in [1.29, 1.82) is 0 Å². The second kappa shape index (κ2) is 5.31. The van der Waals surface area contributed by atoms with E-state index in [9.17, 15) is 4.39 Å². The number of benzene rings is 1. The van der Waals surface area contributed by atoms with Crippen molar-refractivity contribution in [2.24, 2.45) is 7.05 Å². The van der Waals surface area contributed by atoms with Crippen molar-refractivity contribution in [2.75, 3.05) is 6.54 Å². The Morgan fingerprint density at radius 1 is 1.39 bits per heavy atom. The molecular weight excluding hydrogens is 229 g/mol. The first-order valence-electron chi connectivity index (χ1n) is 6.11. The van der Waals surface area contributed by atoms with Crippen molar-refractivity contribution in [1.82, 2.24) is 14.9 Å². The van der Waals surface area contributed by atoms with Gasteiger partial charge in [0.15, 0.2) is 0 Å². The quantitative estimate of drug-likeness (QED) is 0.900. The van der Waals surface area contributed by atoms with Crippen LogP contribution in [0.4, 0.5) is 4.39 Å². The average Bonchev–Trinajstić information content (AvgIpc) is 2.68. The number of rotatable bonds is 4. The summed E-state index contributed by atoms with van der Waals surface area (Å²) in [5, 5.41) is 3.23. The van der Waals surface area contributed by atoms with Crippen molar-refractivity contribution < 1.29 is 4.39 Å². The van der Waals surface area contributed by atoms with Crippen LogP contribution < -0.4 is 5.32 Å². The predicted molar refractivity (Wildman–Crippen MR) is 70.7 cm³/mol. The molecule has 1 aromatic heterocycles. The molecule has 0 fully saturated rings. The summed E-state index contributed by atoms with van der Waals surface area (Å²) in [6, 6.07) is 4.89. The highest BCUT2D eigenvalue weighted by atomic mass is 19.1. The molecule has 0 aliphatic rings. The van der Waals surface area contributed by atoms with Gasteiger partial charge in [0.1, 0.15) is 11.6 Å². The van der Waals surface area contributed by atoms with Gasteiger partial charge in [-0.25, -0.2) is 9.37 Å². The number of halogens is 1. The lowest BCUT2D eigenvalue weighted by atomic mass is 10.0. The third-order valence-corrected chi connectivity index (χ3v) is 3.13. The molecule has 0 atom stereocenters. The van der Waals surface area contributed by atoms with E-state index < -0.39 is 0 Å². The summed E-state index contributed by atoms with van der Waals surface area (Å²) in [5.74, 6) is 0.745. The molecule has 2 aromatic rings. The third-order valence-electron chi connectivity index (χ3n) is 3.13. The maximum Gasteiger partial charge on any atom is 0.123 e. The van der Waals surface area contributed by atoms with Crippen LogP contribution in [-0.2, 0) is 13.6 Å². The number of imidazole rings is 1. The number of nitrogens with one attached hydrogen (secondary N) is 1. The lowest BCUT2D eigenvalue weighted by molar-refractivity contribution is 0.622. The van der Waals surface area contributed by atoms with Gasteiger partial charge in [0.05, 0.1) is 11.9 Å². The average molecular weight is 247 g/mol. The molecule has 96 valence electrons. The van der Waals surface area contributed by atoms with Crippen LogP contribution in [0.3, 0.4) is 0 Å². The van der Waals surface area contributed by atoms with Crippen LogP contribution in [0.2, 0.25) is 0 Å². The van der Waals surface area contributed by atoms with E-state index >= 15 is 0 Å². The zero-order valence-corrected chi connectivity index (χ0v) is 11.0. The second-order valence-corrected chi connectivity index (χ2v) is 4.33. The van der Waals surface area contributed by atoms with E-state index in [1.165, 1.54) is 6.07 Å². The van der Waals surface area contributed by atoms with Gasteiger partial charge >= 0.3 is 0 Å². The Labute approximate surface area is 107 Å². The molecule has 2 rings (SSSR count). The molecule has 0 amide bonds. The minimum absolute atomic E-state index is 0.203. The summed E-state index contributed by atoms with van der Waals surface area (Å²) in [7, 11) is 1.97. The maximum atomic E-state index is 13.3. The molecule has 0 bridgehead atoms. The highest BCUT2D eigenvalue weighted by molar-refractivity contribution is 5.64. The fraction of sp³-hybridized carbons (Fsp3) is 0.357. The Balaban J connectivity index is 2.46. The normalized spacial score (nSPS) is 10.9. The molecule has 0 saturated heterocycles. The monoisotopic (exact) mass is 247 g/mol. The Morgan fingerprint density at radius 3 is 2.78 bits per heavy atom. The minimum Gasteiger partial charge on any atom is -0.331 e. The summed E-state index contributed by atoms with van der Waals surface area (Å²) in [4.78, 5) is 4.29. The van der Waals surface area contributed by atoms with Crippen LogP contribution in [0.15, 0.2) is 24.4 Å². The molecule has 0 saturated carbocycles. The van der Waals surface area contributed by atoms with E-state index in [2.05, 4.69) is 10.3 Å². The van der Waals surface area contributed by atoms with Gasteiger partial charge in [0.25, 0.3) is 0 Å². The molecule has 0 radical (unpaired) electrons. The summed E-state index contributed by atoms with van der Waals surface area (Å²) in [5.41, 5.74) is 3.00. The van der Waals surface area contributed by atoms with Gasteiger partial charge in [-0.15, -0.1) is 0 Å². The lowest BCUT2D eigenvalue weighted by Crippen LogP contribution is -2.13. The first-order chi connectivity index (χ1) is 8.63. The van der Waals surface area contributed by atoms with Crippen molar-refractivity contribution in [2.45, 2.75) is 20.4 Å². The van der Waals surface area contributed by atoms with E-state index in [4.69, 9.17) is 0 Å². The number of nitrogens with zero attached hydrogens (tertiary/aromatic N) is 2. The van der Waals surface area contributed by atoms with Crippen LogP contribution in [-0.4, -0.2) is 16.1 Å². The molecule has 0 aliphatic heterocycles. The van der Waals surface area contributed by atoms with E-state index in [-0.39, 0.29) is 5.82 Å². The van der Waals surface area contributed by atoms with Crippen LogP contribution in [0.1, 0.15) is 18.3 Å². The molecule has 1 N–H and O–H groups in total. The zero-order chi connectivity index (χ0) is 13.1. The molecule has 0 spiro atoms. The first kappa shape index (κ1) is 12.8. The van der Waals surface area contributed by atoms with Crippen LogP contribution >= 0.6 is 0 Å². The molecule has 18 heavy (non-hydrogen) atoms. The van der Waals surface area contributed by atoms with Gasteiger partial charge in [0, 0.05) is 19.2 Å². The molecule has 1 heterocycles. The number of aryl methyl sites for hydroxylation is 1. The topological polar surface area (TPSA) is 29.9 Å². The van der Waals surface area contributed by atoms with E-state index in [1.807, 2.05) is 37.7 Å². The number of hydrogen-bond donors (Lipinski definition) is 1. The number of hydrogen-bond acceptors (Lipinski definition) is 2. The van der Waals surface area contributed by atoms with E-state index in [0.29, 0.717) is 6.54 Å². The summed E-state index contributed by atoms with van der Waals surface area (Å²) in [6.07, 6.45) is 1.83. The van der Waals surface area contributed by atoms with Gasteiger partial charge < -0.3 is 9.88 Å². The summed E-state index contributed by atoms with van der Waals surface area (Å²) < 4.78 is 15.4. The smallest absolute Gasteiger partial charge is 0.123 e. The van der Waals surface area contributed by atoms with E-state index in [1.54, 1.807) is 6.07 Å². The lowest BCUT2D eigenvalue weighted by Gasteiger charge is -2.11. The Hall–Kier alpha value is -1.68. The van der Waals surface area contributed by atoms with Crippen molar-refractivity contribution >= 4 is 0 Å². The third kappa shape index (κ3) is 2.43. The van der Waals surface area contributed by atoms with Gasteiger partial charge in [-0.1, -0.05) is 6.92 Å². The molecule has 0 aliphatic carbocycles. The van der Waals surface area contributed by atoms with Crippen LogP contribution in [0.5, 0.6) is 0 Å². The summed E-state index contributed by atoms with van der Waals surface area (Å²) >= 11 is 0. The maximum absolute atomic E-state index is 13.3. The number of aromatic nitrogens is 2. The standard InChI is InChI=1S/C14H18FN3/c1-4-16-8-11-7-12(15)5-6-13(11)14-9-17-10(2)18(14)3/h5-7,9,16H,4,8H2,1-3H3. The van der Waals surface area contributed by atoms with Gasteiger partial charge in [-0.3, -0.25) is 0 Å². The Kier molecular flexibility index (Phi) is 3.77. The van der Waals surface area contributed by atoms with Crippen molar-refractivity contribution in [3.63, 3.8) is 0 Å². The van der Waals surface area contributed by atoms with Gasteiger partial charge in [-0.05, 0) is 37.2 Å². The fourth-order valence-corrected chi connectivity index (χ4v) is 1.97. The second-order valence-electron chi connectivity index (χ2n) is 4.33. The van der Waals surface area contributed by atoms with Gasteiger partial charge in [-0.2, -0.15) is 0 Å². The first-order valence-corrected chi connectivity index (χ1v) is 6.11. The largest absolute Gasteiger partial charge is 0.331 e. The van der Waals surface area contributed by atoms with E-state index in [0.717, 1.165) is 29.2 Å². The zero-order valence-electron chi connectivity index (χ0n) is 11.0. The predicted octanol–water partition coefficient (Wildman–Crippen LogP) is 2.64. The molecule has 0 unspecified atom stereocenters. The molecular formula is C14H18FN3. The Bertz CT molecular complexity index is 546. The Morgan fingerprint density at radius 2 is 2.17 bits per heavy atom. The van der Waals surface area contributed by atoms with Crippen LogP contribution in [0.25, 0.3) is 11.3 Å². The summed E-state index contributed by atoms with van der Waals surface area (Å²) in [6.45, 7) is 5.51. The highest BCUT2D eigenvalue weighted by Crippen LogP contribution is 2.24. The van der Waals surface area contributed by atoms with Crippen LogP contribution in [0, 0.1) is 12.7 Å². The molecule has 3 nitrogen and oxygen atoms in total. The van der Waals surface area contributed by atoms with Crippen molar-refractivity contribution in [3.8, 4) is 11.3 Å². The van der Waals surface area contributed by atoms with Crippen molar-refractivity contribution in [3.05, 3.63) is 41.6 Å². The minimum atomic E-state index is -0.203. The highest BCUT2D eigenvalue weighted by Gasteiger charge is 2.11. The fourth-order valence-electron chi connectivity index (χ4n) is 1.97. The molecule has 4 heteroatoms. The molecule has 1 aromatic carbocycles. The van der Waals surface area contributed by atoms with Gasteiger partial charge in [0.2, 0.25) is 0 Å². The SMILES string of the molecule is CCNCc1cc(F)ccc1-c1cnc(C)n1C.